The molecule has 3 nitrogen and oxygen atoms in total. The molecule has 1 rings (SSSR count). The molecular weight excluding hydrogens is 259 g/mol. The molecule has 0 bridgehead atoms. The highest BCUT2D eigenvalue weighted by molar-refractivity contribution is 5.20. The minimum Gasteiger partial charge on any atom is -0.465 e. The van der Waals surface area contributed by atoms with E-state index in [9.17, 15) is 13.2 Å². The fraction of sp³-hybridized carbons (Fsp3) is 0.692. The molecule has 1 aromatic heterocycles. The molecule has 0 aliphatic carbocycles. The second kappa shape index (κ2) is 5.96. The van der Waals surface area contributed by atoms with E-state index in [2.05, 4.69) is 10.1 Å². The van der Waals surface area contributed by atoms with Gasteiger partial charge in [-0.3, -0.25) is 0 Å². The summed E-state index contributed by atoms with van der Waals surface area (Å²) in [5.74, 6) is 1.28. The second-order valence-electron chi connectivity index (χ2n) is 5.51. The number of aryl methyl sites for hydroxylation is 1. The molecule has 110 valence electrons. The summed E-state index contributed by atoms with van der Waals surface area (Å²) in [6.45, 7) is 6.98. The van der Waals surface area contributed by atoms with Gasteiger partial charge in [0, 0.05) is 11.1 Å². The van der Waals surface area contributed by atoms with Crippen molar-refractivity contribution < 1.29 is 22.3 Å². The lowest BCUT2D eigenvalue weighted by molar-refractivity contribution is -0.176. The first-order valence-electron chi connectivity index (χ1n) is 6.04. The highest BCUT2D eigenvalue weighted by Crippen LogP contribution is 2.19. The van der Waals surface area contributed by atoms with Crippen LogP contribution in [0.1, 0.15) is 37.9 Å². The Bertz CT molecular complexity index is 405. The highest BCUT2D eigenvalue weighted by Gasteiger charge is 2.27. The Hall–Kier alpha value is -1.01. The van der Waals surface area contributed by atoms with E-state index >= 15 is 0 Å². The number of ether oxygens (including phenoxy) is 1. The van der Waals surface area contributed by atoms with Crippen molar-refractivity contribution >= 4 is 0 Å². The largest absolute Gasteiger partial charge is 0.465 e. The van der Waals surface area contributed by atoms with Crippen molar-refractivity contribution in [3.05, 3.63) is 23.2 Å². The van der Waals surface area contributed by atoms with E-state index in [1.54, 1.807) is 13.0 Å². The quantitative estimate of drug-likeness (QED) is 0.895. The average Bonchev–Trinajstić information content (AvgIpc) is 2.54. The molecule has 0 amide bonds. The lowest BCUT2D eigenvalue weighted by Gasteiger charge is -2.19. The lowest BCUT2D eigenvalue weighted by atomic mass is 10.1. The maximum Gasteiger partial charge on any atom is 0.411 e. The molecule has 0 aliphatic rings. The third kappa shape index (κ3) is 6.63. The van der Waals surface area contributed by atoms with Gasteiger partial charge in [0.1, 0.15) is 18.1 Å². The molecule has 1 heterocycles. The summed E-state index contributed by atoms with van der Waals surface area (Å²) >= 11 is 0. The Balaban J connectivity index is 2.50. The maximum atomic E-state index is 12.0. The van der Waals surface area contributed by atoms with Gasteiger partial charge in [-0.2, -0.15) is 13.2 Å². The topological polar surface area (TPSA) is 34.4 Å². The number of hydrogen-bond donors (Lipinski definition) is 1. The maximum absolute atomic E-state index is 12.0. The summed E-state index contributed by atoms with van der Waals surface area (Å²) in [6.07, 6.45) is -4.30. The number of hydrogen-bond acceptors (Lipinski definition) is 3. The molecule has 0 spiro atoms. The molecule has 0 saturated carbocycles. The second-order valence-corrected chi connectivity index (χ2v) is 5.51. The van der Waals surface area contributed by atoms with Crippen LogP contribution in [0.3, 0.4) is 0 Å². The van der Waals surface area contributed by atoms with Crippen LogP contribution in [0.2, 0.25) is 0 Å². The monoisotopic (exact) mass is 279 g/mol. The zero-order chi connectivity index (χ0) is 14.7. The van der Waals surface area contributed by atoms with Crippen LogP contribution < -0.4 is 5.32 Å². The van der Waals surface area contributed by atoms with Gasteiger partial charge in [0.15, 0.2) is 0 Å². The minimum absolute atomic E-state index is 0.0480. The van der Waals surface area contributed by atoms with Crippen LogP contribution in [-0.4, -0.2) is 18.3 Å². The molecule has 0 radical (unpaired) electrons. The van der Waals surface area contributed by atoms with Crippen LogP contribution in [0.25, 0.3) is 0 Å². The zero-order valence-electron chi connectivity index (χ0n) is 11.6. The first-order chi connectivity index (χ1) is 8.57. The molecule has 19 heavy (non-hydrogen) atoms. The first-order valence-corrected chi connectivity index (χ1v) is 6.04. The number of alkyl halides is 3. The first kappa shape index (κ1) is 16.0. The summed E-state index contributed by atoms with van der Waals surface area (Å²) in [6, 6.07) is 1.73. The molecule has 0 unspecified atom stereocenters. The molecule has 1 aromatic rings. The van der Waals surface area contributed by atoms with Gasteiger partial charge in [0.2, 0.25) is 0 Å². The fourth-order valence-corrected chi connectivity index (χ4v) is 1.45. The van der Waals surface area contributed by atoms with Crippen LogP contribution in [0.15, 0.2) is 10.5 Å². The zero-order valence-corrected chi connectivity index (χ0v) is 11.6. The Morgan fingerprint density at radius 2 is 1.89 bits per heavy atom. The van der Waals surface area contributed by atoms with Crippen molar-refractivity contribution in [1.82, 2.24) is 5.32 Å². The van der Waals surface area contributed by atoms with Crippen LogP contribution >= 0.6 is 0 Å². The van der Waals surface area contributed by atoms with E-state index in [0.29, 0.717) is 23.6 Å². The number of nitrogens with one attached hydrogen (secondary N) is 1. The van der Waals surface area contributed by atoms with E-state index < -0.39 is 12.8 Å². The molecule has 0 aliphatic heterocycles. The van der Waals surface area contributed by atoms with E-state index in [1.165, 1.54) is 0 Å². The van der Waals surface area contributed by atoms with Gasteiger partial charge in [-0.15, -0.1) is 0 Å². The molecule has 0 fully saturated rings. The van der Waals surface area contributed by atoms with Gasteiger partial charge in [-0.05, 0) is 33.8 Å². The Morgan fingerprint density at radius 3 is 2.42 bits per heavy atom. The standard InChI is InChI=1S/C13H20F3NO2/c1-9-10(7-18-8-13(14,15)16)5-11(19-9)6-17-12(2,3)4/h5,17H,6-8H2,1-4H3. The predicted molar refractivity (Wildman–Crippen MR) is 65.7 cm³/mol. The molecule has 0 saturated heterocycles. The van der Waals surface area contributed by atoms with Gasteiger partial charge < -0.3 is 14.5 Å². The van der Waals surface area contributed by atoms with Crippen molar-refractivity contribution in [2.45, 2.75) is 52.6 Å². The van der Waals surface area contributed by atoms with E-state index in [0.717, 1.165) is 0 Å². The molecule has 1 N–H and O–H groups in total. The van der Waals surface area contributed by atoms with Crippen LogP contribution in [0.4, 0.5) is 13.2 Å². The Kier molecular flexibility index (Phi) is 5.04. The fourth-order valence-electron chi connectivity index (χ4n) is 1.45. The minimum atomic E-state index is -4.30. The van der Waals surface area contributed by atoms with E-state index in [4.69, 9.17) is 4.42 Å². The van der Waals surface area contributed by atoms with Gasteiger partial charge in [0.05, 0.1) is 13.2 Å². The van der Waals surface area contributed by atoms with Gasteiger partial charge in [-0.25, -0.2) is 0 Å². The molecule has 6 heteroatoms. The van der Waals surface area contributed by atoms with Crippen molar-refractivity contribution in [3.8, 4) is 0 Å². The van der Waals surface area contributed by atoms with Crippen molar-refractivity contribution in [2.75, 3.05) is 6.61 Å². The van der Waals surface area contributed by atoms with Gasteiger partial charge >= 0.3 is 6.18 Å². The lowest BCUT2D eigenvalue weighted by Crippen LogP contribution is -2.34. The third-order valence-corrected chi connectivity index (χ3v) is 2.39. The number of halogens is 3. The van der Waals surface area contributed by atoms with Gasteiger partial charge in [0.25, 0.3) is 0 Å². The summed E-state index contributed by atoms with van der Waals surface area (Å²) in [7, 11) is 0. The summed E-state index contributed by atoms with van der Waals surface area (Å²) in [5.41, 5.74) is 0.600. The van der Waals surface area contributed by atoms with E-state index in [1.807, 2.05) is 20.8 Å². The summed E-state index contributed by atoms with van der Waals surface area (Å²) in [4.78, 5) is 0. The normalized spacial score (nSPS) is 13.0. The van der Waals surface area contributed by atoms with Gasteiger partial charge in [-0.1, -0.05) is 0 Å². The van der Waals surface area contributed by atoms with Crippen molar-refractivity contribution in [2.24, 2.45) is 0 Å². The summed E-state index contributed by atoms with van der Waals surface area (Å²) < 4.78 is 46.0. The predicted octanol–water partition coefficient (Wildman–Crippen LogP) is 3.56. The number of furan rings is 1. The SMILES string of the molecule is Cc1oc(CNC(C)(C)C)cc1COCC(F)(F)F. The Labute approximate surface area is 111 Å². The Morgan fingerprint density at radius 1 is 1.26 bits per heavy atom. The van der Waals surface area contributed by atoms with E-state index in [-0.39, 0.29) is 12.1 Å². The third-order valence-electron chi connectivity index (χ3n) is 2.39. The average molecular weight is 279 g/mol. The molecular formula is C13H20F3NO2. The van der Waals surface area contributed by atoms with Crippen LogP contribution in [0, 0.1) is 6.92 Å². The molecule has 0 aromatic carbocycles. The van der Waals surface area contributed by atoms with Crippen molar-refractivity contribution in [3.63, 3.8) is 0 Å². The van der Waals surface area contributed by atoms with Crippen LogP contribution in [0.5, 0.6) is 0 Å². The highest BCUT2D eigenvalue weighted by atomic mass is 19.4. The summed E-state index contributed by atoms with van der Waals surface area (Å²) in [5, 5.41) is 3.24. The molecule has 0 atom stereocenters. The van der Waals surface area contributed by atoms with Crippen LogP contribution in [-0.2, 0) is 17.9 Å². The van der Waals surface area contributed by atoms with Crippen molar-refractivity contribution in [1.29, 1.82) is 0 Å². The smallest absolute Gasteiger partial charge is 0.411 e. The number of rotatable bonds is 5.